The molecule has 1 saturated carbocycles. The Labute approximate surface area is 203 Å². The van der Waals surface area contributed by atoms with Gasteiger partial charge in [-0.15, -0.1) is 0 Å². The zero-order valence-corrected chi connectivity index (χ0v) is 20.2. The van der Waals surface area contributed by atoms with Crippen LogP contribution in [0.4, 0.5) is 16.2 Å². The molecule has 34 heavy (non-hydrogen) atoms. The molecular weight excluding hydrogens is 456 g/mol. The molecule has 1 fully saturated rings. The Hall–Kier alpha value is -3.39. The van der Waals surface area contributed by atoms with Crippen molar-refractivity contribution in [3.8, 4) is 0 Å². The Bertz CT molecular complexity index is 1190. The molecular formula is C25H27ClN4O4. The summed E-state index contributed by atoms with van der Waals surface area (Å²) >= 11 is 6.30. The molecule has 1 aliphatic heterocycles. The molecule has 0 aromatic heterocycles. The number of hydrogen-bond donors (Lipinski definition) is 2. The van der Waals surface area contributed by atoms with Crippen molar-refractivity contribution >= 4 is 46.5 Å². The molecule has 2 aromatic rings. The van der Waals surface area contributed by atoms with Crippen molar-refractivity contribution in [1.29, 1.82) is 0 Å². The number of amides is 3. The maximum absolute atomic E-state index is 13.0. The number of hydrogen-bond acceptors (Lipinski definition) is 5. The highest BCUT2D eigenvalue weighted by atomic mass is 35.5. The highest BCUT2D eigenvalue weighted by Gasteiger charge is 2.38. The minimum absolute atomic E-state index is 0.0668. The van der Waals surface area contributed by atoms with Crippen LogP contribution >= 0.6 is 11.6 Å². The van der Waals surface area contributed by atoms with E-state index in [1.165, 1.54) is 0 Å². The molecule has 2 aromatic carbocycles. The Kier molecular flexibility index (Phi) is 6.61. The van der Waals surface area contributed by atoms with Gasteiger partial charge >= 0.3 is 6.03 Å². The molecule has 0 saturated heterocycles. The SMILES string of the molecule is Cc1c(Cl)cc(NC(=O)NCc2ccc3c(c2)C(=O)N(C2CCC(=O)CC2=O)C3)cc1N(C)C. The number of carbonyl (C=O) groups is 4. The molecule has 4 rings (SSSR count). The molecule has 0 spiro atoms. The van der Waals surface area contributed by atoms with Crippen LogP contribution < -0.4 is 15.5 Å². The zero-order valence-electron chi connectivity index (χ0n) is 19.4. The summed E-state index contributed by atoms with van der Waals surface area (Å²) in [5.74, 6) is -0.466. The Morgan fingerprint density at radius 2 is 1.94 bits per heavy atom. The van der Waals surface area contributed by atoms with Gasteiger partial charge in [-0.05, 0) is 48.2 Å². The standard InChI is InChI=1S/C25H27ClN4O4/c1-14-20(26)9-17(10-22(14)29(2)3)28-25(34)27-12-15-4-5-16-13-30(24(33)19(16)8-15)21-7-6-18(31)11-23(21)32/h4-5,8-10,21H,6-7,11-13H2,1-3H3,(H2,27,28,34). The number of fused-ring (bicyclic) bond motifs is 1. The number of nitrogens with zero attached hydrogens (tertiary/aromatic N) is 2. The van der Waals surface area contributed by atoms with Gasteiger partial charge in [0.25, 0.3) is 5.91 Å². The summed E-state index contributed by atoms with van der Waals surface area (Å²) in [5, 5.41) is 6.15. The predicted octanol–water partition coefficient (Wildman–Crippen LogP) is 3.68. The van der Waals surface area contributed by atoms with Gasteiger partial charge in [0.05, 0.1) is 12.5 Å². The van der Waals surface area contributed by atoms with E-state index in [0.717, 1.165) is 22.4 Å². The molecule has 3 amide bonds. The van der Waals surface area contributed by atoms with Crippen LogP contribution in [0.2, 0.25) is 5.02 Å². The number of nitrogens with one attached hydrogen (secondary N) is 2. The number of anilines is 2. The van der Waals surface area contributed by atoms with Gasteiger partial charge in [0.2, 0.25) is 0 Å². The quantitative estimate of drug-likeness (QED) is 0.633. The first kappa shape index (κ1) is 23.8. The number of ketones is 2. The van der Waals surface area contributed by atoms with Crippen molar-refractivity contribution in [2.45, 2.75) is 45.3 Å². The van der Waals surface area contributed by atoms with Crippen LogP contribution in [0.1, 0.15) is 46.3 Å². The first-order chi connectivity index (χ1) is 16.1. The second-order valence-corrected chi connectivity index (χ2v) is 9.37. The van der Waals surface area contributed by atoms with Crippen molar-refractivity contribution in [3.63, 3.8) is 0 Å². The van der Waals surface area contributed by atoms with Gasteiger partial charge in [0.1, 0.15) is 5.78 Å². The van der Waals surface area contributed by atoms with Crippen molar-refractivity contribution in [1.82, 2.24) is 10.2 Å². The van der Waals surface area contributed by atoms with E-state index in [2.05, 4.69) is 10.6 Å². The van der Waals surface area contributed by atoms with Crippen LogP contribution in [-0.4, -0.2) is 48.5 Å². The maximum atomic E-state index is 13.0. The highest BCUT2D eigenvalue weighted by molar-refractivity contribution is 6.32. The van der Waals surface area contributed by atoms with Gasteiger partial charge in [-0.2, -0.15) is 0 Å². The fourth-order valence-corrected chi connectivity index (χ4v) is 4.69. The third-order valence-electron chi connectivity index (χ3n) is 6.33. The summed E-state index contributed by atoms with van der Waals surface area (Å²) in [6, 6.07) is 8.08. The van der Waals surface area contributed by atoms with Gasteiger partial charge < -0.3 is 20.4 Å². The summed E-state index contributed by atoms with van der Waals surface area (Å²) in [7, 11) is 3.81. The fraction of sp³-hybridized carbons (Fsp3) is 0.360. The number of halogens is 1. The van der Waals surface area contributed by atoms with Crippen LogP contribution in [0.15, 0.2) is 30.3 Å². The summed E-state index contributed by atoms with van der Waals surface area (Å²) in [6.07, 6.45) is 0.602. The van der Waals surface area contributed by atoms with Crippen LogP contribution in [0, 0.1) is 6.92 Å². The van der Waals surface area contributed by atoms with E-state index >= 15 is 0 Å². The molecule has 8 nitrogen and oxygen atoms in total. The lowest BCUT2D eigenvalue weighted by molar-refractivity contribution is -0.133. The largest absolute Gasteiger partial charge is 0.377 e. The molecule has 1 aliphatic carbocycles. The van der Waals surface area contributed by atoms with Gasteiger partial charge in [-0.25, -0.2) is 4.79 Å². The van der Waals surface area contributed by atoms with Crippen LogP contribution in [0.25, 0.3) is 0 Å². The minimum atomic E-state index is -0.543. The second-order valence-electron chi connectivity index (χ2n) is 8.97. The number of Topliss-reactive ketones (excluding diaryl/α,β-unsaturated/α-hetero) is 2. The molecule has 2 N–H and O–H groups in total. The van der Waals surface area contributed by atoms with E-state index < -0.39 is 12.1 Å². The zero-order chi connectivity index (χ0) is 24.6. The van der Waals surface area contributed by atoms with E-state index in [0.29, 0.717) is 35.7 Å². The van der Waals surface area contributed by atoms with E-state index in [1.54, 1.807) is 17.0 Å². The molecule has 1 heterocycles. The molecule has 178 valence electrons. The Morgan fingerprint density at radius 3 is 2.65 bits per heavy atom. The second kappa shape index (κ2) is 9.46. The minimum Gasteiger partial charge on any atom is -0.377 e. The van der Waals surface area contributed by atoms with Gasteiger partial charge in [-0.1, -0.05) is 23.7 Å². The Morgan fingerprint density at radius 1 is 1.18 bits per heavy atom. The molecule has 1 unspecified atom stereocenters. The average molecular weight is 483 g/mol. The summed E-state index contributed by atoms with van der Waals surface area (Å²) < 4.78 is 0. The summed E-state index contributed by atoms with van der Waals surface area (Å²) in [6.45, 7) is 2.50. The van der Waals surface area contributed by atoms with E-state index in [9.17, 15) is 19.2 Å². The normalized spacial score (nSPS) is 17.6. The number of urea groups is 1. The van der Waals surface area contributed by atoms with Crippen LogP contribution in [-0.2, 0) is 22.7 Å². The number of rotatable bonds is 5. The maximum Gasteiger partial charge on any atom is 0.319 e. The third kappa shape index (κ3) is 4.77. The molecule has 2 aliphatic rings. The molecule has 0 radical (unpaired) electrons. The van der Waals surface area contributed by atoms with E-state index in [-0.39, 0.29) is 30.4 Å². The van der Waals surface area contributed by atoms with Crippen molar-refractivity contribution < 1.29 is 19.2 Å². The van der Waals surface area contributed by atoms with Crippen molar-refractivity contribution in [3.05, 3.63) is 57.6 Å². The monoisotopic (exact) mass is 482 g/mol. The van der Waals surface area contributed by atoms with Crippen molar-refractivity contribution in [2.24, 2.45) is 0 Å². The van der Waals surface area contributed by atoms with Gasteiger partial charge in [0.15, 0.2) is 5.78 Å². The molecule has 0 bridgehead atoms. The summed E-state index contributed by atoms with van der Waals surface area (Å²) in [4.78, 5) is 52.8. The van der Waals surface area contributed by atoms with Gasteiger partial charge in [0, 0.05) is 55.6 Å². The van der Waals surface area contributed by atoms with Crippen LogP contribution in [0.5, 0.6) is 0 Å². The number of carbonyl (C=O) groups excluding carboxylic acids is 4. The first-order valence-corrected chi connectivity index (χ1v) is 11.5. The van der Waals surface area contributed by atoms with Crippen LogP contribution in [0.3, 0.4) is 0 Å². The first-order valence-electron chi connectivity index (χ1n) is 11.1. The lowest BCUT2D eigenvalue weighted by Gasteiger charge is -2.29. The van der Waals surface area contributed by atoms with Crippen molar-refractivity contribution in [2.75, 3.05) is 24.3 Å². The van der Waals surface area contributed by atoms with E-state index in [4.69, 9.17) is 11.6 Å². The average Bonchev–Trinajstić information content (AvgIpc) is 3.10. The smallest absolute Gasteiger partial charge is 0.319 e. The molecule has 9 heteroatoms. The highest BCUT2D eigenvalue weighted by Crippen LogP contribution is 2.31. The topological polar surface area (TPSA) is 98.8 Å². The summed E-state index contributed by atoms with van der Waals surface area (Å²) in [5.41, 5.74) is 4.55. The predicted molar refractivity (Wildman–Crippen MR) is 130 cm³/mol. The fourth-order valence-electron chi connectivity index (χ4n) is 4.48. The molecule has 1 atom stereocenters. The Balaban J connectivity index is 1.39. The number of benzene rings is 2. The van der Waals surface area contributed by atoms with Gasteiger partial charge in [-0.3, -0.25) is 14.4 Å². The van der Waals surface area contributed by atoms with E-state index in [1.807, 2.05) is 44.1 Å². The lowest BCUT2D eigenvalue weighted by Crippen LogP contribution is -2.44. The third-order valence-corrected chi connectivity index (χ3v) is 6.72. The lowest BCUT2D eigenvalue weighted by atomic mass is 9.92.